The Hall–Kier alpha value is -1.09. The van der Waals surface area contributed by atoms with Crippen molar-refractivity contribution in [2.75, 3.05) is 37.6 Å². The maximum atomic E-state index is 6.07. The van der Waals surface area contributed by atoms with Crippen molar-refractivity contribution in [2.24, 2.45) is 10.7 Å². The van der Waals surface area contributed by atoms with Crippen LogP contribution >= 0.6 is 24.0 Å². The smallest absolute Gasteiger partial charge is 0.189 e. The van der Waals surface area contributed by atoms with E-state index in [1.165, 1.54) is 32.1 Å². The summed E-state index contributed by atoms with van der Waals surface area (Å²) in [5.41, 5.74) is 7.23. The summed E-state index contributed by atoms with van der Waals surface area (Å²) in [5.74, 6) is 1.63. The topological polar surface area (TPSA) is 69.8 Å². The van der Waals surface area contributed by atoms with E-state index in [9.17, 15) is 0 Å². The Morgan fingerprint density at radius 1 is 1.23 bits per heavy atom. The SMILES string of the molecule is CCN1CCN(c2cc(CN=C(N)NC3CCCCC3)ccn2)CC1.I. The maximum Gasteiger partial charge on any atom is 0.189 e. The fourth-order valence-electron chi connectivity index (χ4n) is 3.70. The van der Waals surface area contributed by atoms with E-state index in [1.807, 2.05) is 12.3 Å². The zero-order chi connectivity index (χ0) is 17.5. The van der Waals surface area contributed by atoms with Gasteiger partial charge in [-0.2, -0.15) is 0 Å². The summed E-state index contributed by atoms with van der Waals surface area (Å²) in [5, 5.41) is 3.37. The van der Waals surface area contributed by atoms with Gasteiger partial charge in [-0.1, -0.05) is 26.2 Å². The highest BCUT2D eigenvalue weighted by atomic mass is 127. The molecule has 0 radical (unpaired) electrons. The van der Waals surface area contributed by atoms with Crippen LogP contribution in [0.1, 0.15) is 44.6 Å². The number of anilines is 1. The molecule has 0 atom stereocenters. The van der Waals surface area contributed by atoms with E-state index < -0.39 is 0 Å². The van der Waals surface area contributed by atoms with Gasteiger partial charge in [0.25, 0.3) is 0 Å². The lowest BCUT2D eigenvalue weighted by molar-refractivity contribution is 0.270. The highest BCUT2D eigenvalue weighted by Crippen LogP contribution is 2.18. The molecule has 0 aromatic carbocycles. The van der Waals surface area contributed by atoms with Gasteiger partial charge in [0.05, 0.1) is 6.54 Å². The molecule has 3 N–H and O–H groups in total. The number of aliphatic imine (C=N–C) groups is 1. The van der Waals surface area contributed by atoms with Crippen LogP contribution in [0.15, 0.2) is 23.3 Å². The van der Waals surface area contributed by atoms with Crippen LogP contribution in [0, 0.1) is 0 Å². The monoisotopic (exact) mass is 472 g/mol. The average Bonchev–Trinajstić information content (AvgIpc) is 2.67. The van der Waals surface area contributed by atoms with E-state index in [1.54, 1.807) is 0 Å². The minimum absolute atomic E-state index is 0. The lowest BCUT2D eigenvalue weighted by atomic mass is 9.96. The predicted molar refractivity (Wildman–Crippen MR) is 119 cm³/mol. The molecule has 2 fully saturated rings. The van der Waals surface area contributed by atoms with Gasteiger partial charge in [0.1, 0.15) is 5.82 Å². The molecular formula is C19H33IN6. The van der Waals surface area contributed by atoms with E-state index >= 15 is 0 Å². The van der Waals surface area contributed by atoms with Gasteiger partial charge in [0.2, 0.25) is 0 Å². The van der Waals surface area contributed by atoms with Gasteiger partial charge in [-0.15, -0.1) is 24.0 Å². The van der Waals surface area contributed by atoms with Crippen molar-refractivity contribution in [2.45, 2.75) is 51.6 Å². The molecule has 3 rings (SSSR count). The molecule has 146 valence electrons. The van der Waals surface area contributed by atoms with Crippen LogP contribution in [0.2, 0.25) is 0 Å². The third-order valence-corrected chi connectivity index (χ3v) is 5.34. The van der Waals surface area contributed by atoms with Gasteiger partial charge in [-0.25, -0.2) is 9.98 Å². The molecule has 0 spiro atoms. The summed E-state index contributed by atoms with van der Waals surface area (Å²) in [4.78, 5) is 13.9. The third kappa shape index (κ3) is 6.26. The molecule has 26 heavy (non-hydrogen) atoms. The van der Waals surface area contributed by atoms with Crippen molar-refractivity contribution in [1.82, 2.24) is 15.2 Å². The Morgan fingerprint density at radius 3 is 2.65 bits per heavy atom. The van der Waals surface area contributed by atoms with E-state index in [0.29, 0.717) is 18.5 Å². The van der Waals surface area contributed by atoms with Crippen LogP contribution in [0.5, 0.6) is 0 Å². The summed E-state index contributed by atoms with van der Waals surface area (Å²) < 4.78 is 0. The third-order valence-electron chi connectivity index (χ3n) is 5.34. The van der Waals surface area contributed by atoms with Crippen molar-refractivity contribution in [3.8, 4) is 0 Å². The number of halogens is 1. The summed E-state index contributed by atoms with van der Waals surface area (Å²) in [6.45, 7) is 8.26. The van der Waals surface area contributed by atoms with Crippen molar-refractivity contribution < 1.29 is 0 Å². The first kappa shape index (κ1) is 21.2. The summed E-state index contributed by atoms with van der Waals surface area (Å²) in [7, 11) is 0. The molecule has 2 aliphatic rings. The van der Waals surface area contributed by atoms with Gasteiger partial charge in [-0.3, -0.25) is 0 Å². The van der Waals surface area contributed by atoms with Crippen LogP contribution in [-0.4, -0.2) is 54.6 Å². The van der Waals surface area contributed by atoms with Crippen molar-refractivity contribution in [3.05, 3.63) is 23.9 Å². The number of nitrogens with two attached hydrogens (primary N) is 1. The molecule has 2 heterocycles. The van der Waals surface area contributed by atoms with Crippen LogP contribution in [0.25, 0.3) is 0 Å². The Morgan fingerprint density at radius 2 is 1.96 bits per heavy atom. The highest BCUT2D eigenvalue weighted by Gasteiger charge is 2.17. The lowest BCUT2D eigenvalue weighted by Crippen LogP contribution is -2.46. The minimum atomic E-state index is 0. The molecule has 1 aliphatic carbocycles. The molecule has 6 nitrogen and oxygen atoms in total. The van der Waals surface area contributed by atoms with Crippen LogP contribution in [-0.2, 0) is 6.54 Å². The molecule has 7 heteroatoms. The Kier molecular flexibility index (Phi) is 8.90. The van der Waals surface area contributed by atoms with Gasteiger partial charge in [-0.05, 0) is 37.1 Å². The van der Waals surface area contributed by atoms with E-state index in [0.717, 1.165) is 44.1 Å². The van der Waals surface area contributed by atoms with Crippen LogP contribution < -0.4 is 16.0 Å². The molecule has 1 aromatic heterocycles. The maximum absolute atomic E-state index is 6.07. The molecular weight excluding hydrogens is 439 g/mol. The summed E-state index contributed by atoms with van der Waals surface area (Å²) in [6, 6.07) is 4.68. The first-order valence-electron chi connectivity index (χ1n) is 9.73. The minimum Gasteiger partial charge on any atom is -0.370 e. The van der Waals surface area contributed by atoms with Gasteiger partial charge in [0.15, 0.2) is 5.96 Å². The fraction of sp³-hybridized carbons (Fsp3) is 0.684. The number of guanidine groups is 1. The number of nitrogens with one attached hydrogen (secondary N) is 1. The fourth-order valence-corrected chi connectivity index (χ4v) is 3.70. The van der Waals surface area contributed by atoms with Gasteiger partial charge >= 0.3 is 0 Å². The second-order valence-electron chi connectivity index (χ2n) is 7.12. The largest absolute Gasteiger partial charge is 0.370 e. The molecule has 1 saturated carbocycles. The Labute approximate surface area is 174 Å². The van der Waals surface area contributed by atoms with E-state index in [-0.39, 0.29) is 24.0 Å². The Bertz CT molecular complexity index is 565. The zero-order valence-corrected chi connectivity index (χ0v) is 18.2. The van der Waals surface area contributed by atoms with Gasteiger partial charge < -0.3 is 20.9 Å². The number of hydrogen-bond acceptors (Lipinski definition) is 4. The second-order valence-corrected chi connectivity index (χ2v) is 7.12. The number of nitrogens with zero attached hydrogens (tertiary/aromatic N) is 4. The lowest BCUT2D eigenvalue weighted by Gasteiger charge is -2.34. The first-order chi connectivity index (χ1) is 12.2. The molecule has 0 amide bonds. The van der Waals surface area contributed by atoms with E-state index in [2.05, 4.69) is 38.1 Å². The predicted octanol–water partition coefficient (Wildman–Crippen LogP) is 2.58. The number of aromatic nitrogens is 1. The molecule has 0 unspecified atom stereocenters. The normalized spacial score (nSPS) is 19.9. The van der Waals surface area contributed by atoms with Crippen molar-refractivity contribution in [1.29, 1.82) is 0 Å². The number of piperazine rings is 1. The second kappa shape index (κ2) is 10.9. The first-order valence-corrected chi connectivity index (χ1v) is 9.73. The number of rotatable bonds is 5. The van der Waals surface area contributed by atoms with Crippen LogP contribution in [0.3, 0.4) is 0 Å². The quantitative estimate of drug-likeness (QED) is 0.392. The van der Waals surface area contributed by atoms with Crippen molar-refractivity contribution >= 4 is 35.8 Å². The van der Waals surface area contributed by atoms with Gasteiger partial charge in [0, 0.05) is 38.4 Å². The average molecular weight is 472 g/mol. The number of pyridine rings is 1. The van der Waals surface area contributed by atoms with Crippen LogP contribution in [0.4, 0.5) is 5.82 Å². The van der Waals surface area contributed by atoms with Crippen molar-refractivity contribution in [3.63, 3.8) is 0 Å². The summed E-state index contributed by atoms with van der Waals surface area (Å²) in [6.07, 6.45) is 8.24. The zero-order valence-electron chi connectivity index (χ0n) is 15.9. The molecule has 1 aliphatic heterocycles. The Balaban J connectivity index is 0.00000243. The standard InChI is InChI=1S/C19H32N6.HI/c1-2-24-10-12-25(13-11-24)18-14-16(8-9-21-18)15-22-19(20)23-17-6-4-3-5-7-17;/h8-9,14,17H,2-7,10-13,15H2,1H3,(H3,20,22,23);1H. The van der Waals surface area contributed by atoms with E-state index in [4.69, 9.17) is 5.73 Å². The molecule has 1 aromatic rings. The number of likely N-dealkylation sites (N-methyl/N-ethyl adjacent to an activating group) is 1. The molecule has 1 saturated heterocycles. The molecule has 0 bridgehead atoms. The highest BCUT2D eigenvalue weighted by molar-refractivity contribution is 14.0. The summed E-state index contributed by atoms with van der Waals surface area (Å²) >= 11 is 0. The number of hydrogen-bond donors (Lipinski definition) is 2.